The lowest BCUT2D eigenvalue weighted by Crippen LogP contribution is -1.88. The highest BCUT2D eigenvalue weighted by Crippen LogP contribution is 2.40. The Hall–Kier alpha value is -5.46. The Labute approximate surface area is 244 Å². The molecule has 0 spiro atoms. The first kappa shape index (κ1) is 23.3. The average Bonchev–Trinajstić information content (AvgIpc) is 3.06. The van der Waals surface area contributed by atoms with Gasteiger partial charge in [-0.05, 0) is 123 Å². The fraction of sp³-hybridized carbons (Fsp3) is 0. The maximum Gasteiger partial charge on any atom is -0.00926 e. The van der Waals surface area contributed by atoms with Crippen LogP contribution in [0.2, 0.25) is 0 Å². The van der Waals surface area contributed by atoms with Gasteiger partial charge < -0.3 is 0 Å². The number of hydrogen-bond acceptors (Lipinski definition) is 0. The van der Waals surface area contributed by atoms with Crippen molar-refractivity contribution in [2.75, 3.05) is 0 Å². The fourth-order valence-corrected chi connectivity index (χ4v) is 6.88. The summed E-state index contributed by atoms with van der Waals surface area (Å²) in [4.78, 5) is 0. The van der Waals surface area contributed by atoms with Crippen molar-refractivity contribution in [2.45, 2.75) is 0 Å². The van der Waals surface area contributed by atoms with E-state index in [1.54, 1.807) is 0 Å². The minimum absolute atomic E-state index is 1.24. The van der Waals surface area contributed by atoms with Crippen molar-refractivity contribution >= 4 is 64.6 Å². The van der Waals surface area contributed by atoms with Gasteiger partial charge in [0, 0.05) is 0 Å². The minimum atomic E-state index is 1.24. The van der Waals surface area contributed by atoms with Crippen molar-refractivity contribution < 1.29 is 0 Å². The lowest BCUT2D eigenvalue weighted by Gasteiger charge is -2.15. The second kappa shape index (κ2) is 9.03. The monoisotopic (exact) mass is 530 g/mol. The summed E-state index contributed by atoms with van der Waals surface area (Å²) >= 11 is 0. The normalized spacial score (nSPS) is 11.8. The molecule has 0 aliphatic heterocycles. The molecule has 0 heteroatoms. The summed E-state index contributed by atoms with van der Waals surface area (Å²) in [6.07, 6.45) is 0. The Bertz CT molecular complexity index is 2320. The zero-order valence-electron chi connectivity index (χ0n) is 23.0. The van der Waals surface area contributed by atoms with E-state index in [4.69, 9.17) is 0 Å². The van der Waals surface area contributed by atoms with Gasteiger partial charge in [0.2, 0.25) is 0 Å². The molecule has 0 heterocycles. The van der Waals surface area contributed by atoms with Crippen LogP contribution in [-0.4, -0.2) is 0 Å². The lowest BCUT2D eigenvalue weighted by atomic mass is 9.89. The van der Waals surface area contributed by atoms with E-state index in [1.807, 2.05) is 0 Å². The molecule has 0 saturated carbocycles. The molecule has 0 amide bonds. The molecule has 0 unspecified atom stereocenters. The highest BCUT2D eigenvalue weighted by Gasteiger charge is 2.13. The number of fused-ring (bicyclic) bond motifs is 8. The molecule has 9 aromatic carbocycles. The minimum Gasteiger partial charge on any atom is -0.0616 e. The van der Waals surface area contributed by atoms with E-state index in [2.05, 4.69) is 158 Å². The molecule has 42 heavy (non-hydrogen) atoms. The highest BCUT2D eigenvalue weighted by molar-refractivity contribution is 6.19. The summed E-state index contributed by atoms with van der Waals surface area (Å²) in [5.41, 5.74) is 5.02. The zero-order valence-corrected chi connectivity index (χ0v) is 23.0. The molecule has 0 aliphatic carbocycles. The molecule has 0 atom stereocenters. The van der Waals surface area contributed by atoms with Crippen molar-refractivity contribution in [3.8, 4) is 22.3 Å². The van der Waals surface area contributed by atoms with Crippen LogP contribution in [0, 0.1) is 0 Å². The summed E-state index contributed by atoms with van der Waals surface area (Å²) in [5.74, 6) is 0. The summed E-state index contributed by atoms with van der Waals surface area (Å²) < 4.78 is 0. The maximum atomic E-state index is 2.36. The van der Waals surface area contributed by atoms with Crippen LogP contribution in [0.1, 0.15) is 0 Å². The predicted molar refractivity (Wildman–Crippen MR) is 182 cm³/mol. The quantitative estimate of drug-likeness (QED) is 0.154. The standard InChI is InChI=1S/C42H26/c1-3-11-31-23-41-37(25-33-13-5-7-15-35(33)39(41)21-29(31)9-1)27-17-19-28(20-18-27)38-26-34-14-6-8-16-36(34)40-22-30-10-2-4-12-32(30)24-42(38)40/h1-26H. The molecular weight excluding hydrogens is 504 g/mol. The van der Waals surface area contributed by atoms with Gasteiger partial charge in [-0.3, -0.25) is 0 Å². The van der Waals surface area contributed by atoms with Crippen LogP contribution in [0.15, 0.2) is 158 Å². The van der Waals surface area contributed by atoms with E-state index in [0.717, 1.165) is 0 Å². The zero-order chi connectivity index (χ0) is 27.6. The molecule has 9 rings (SSSR count). The molecule has 0 nitrogen and oxygen atoms in total. The summed E-state index contributed by atoms with van der Waals surface area (Å²) in [5, 5.41) is 15.4. The van der Waals surface area contributed by atoms with Crippen LogP contribution in [0.3, 0.4) is 0 Å². The molecule has 0 fully saturated rings. The first-order valence-electron chi connectivity index (χ1n) is 14.6. The molecular formula is C42H26. The largest absolute Gasteiger partial charge is 0.0616 e. The van der Waals surface area contributed by atoms with Crippen LogP contribution in [-0.2, 0) is 0 Å². The van der Waals surface area contributed by atoms with Crippen LogP contribution in [0.5, 0.6) is 0 Å². The van der Waals surface area contributed by atoms with Gasteiger partial charge in [-0.2, -0.15) is 0 Å². The molecule has 0 aromatic heterocycles. The Morgan fingerprint density at radius 1 is 0.214 bits per heavy atom. The van der Waals surface area contributed by atoms with E-state index in [0.29, 0.717) is 0 Å². The van der Waals surface area contributed by atoms with Gasteiger partial charge in [0.15, 0.2) is 0 Å². The van der Waals surface area contributed by atoms with Gasteiger partial charge in [-0.1, -0.05) is 121 Å². The lowest BCUT2D eigenvalue weighted by molar-refractivity contribution is 1.65. The Kier molecular flexibility index (Phi) is 5.00. The second-order valence-corrected chi connectivity index (χ2v) is 11.4. The highest BCUT2D eigenvalue weighted by atomic mass is 14.2. The van der Waals surface area contributed by atoms with Crippen molar-refractivity contribution in [1.29, 1.82) is 0 Å². The van der Waals surface area contributed by atoms with Gasteiger partial charge in [-0.25, -0.2) is 0 Å². The smallest absolute Gasteiger partial charge is 0.00926 e. The fourth-order valence-electron chi connectivity index (χ4n) is 6.88. The van der Waals surface area contributed by atoms with E-state index >= 15 is 0 Å². The predicted octanol–water partition coefficient (Wildman–Crippen LogP) is 11.9. The van der Waals surface area contributed by atoms with E-state index < -0.39 is 0 Å². The van der Waals surface area contributed by atoms with Crippen molar-refractivity contribution in [3.05, 3.63) is 158 Å². The van der Waals surface area contributed by atoms with Crippen LogP contribution >= 0.6 is 0 Å². The number of rotatable bonds is 2. The summed E-state index contributed by atoms with van der Waals surface area (Å²) in [6, 6.07) is 58.2. The van der Waals surface area contributed by atoms with Crippen molar-refractivity contribution in [2.24, 2.45) is 0 Å². The third-order valence-corrected chi connectivity index (χ3v) is 8.96. The van der Waals surface area contributed by atoms with Gasteiger partial charge in [0.25, 0.3) is 0 Å². The topological polar surface area (TPSA) is 0 Å². The summed E-state index contributed by atoms with van der Waals surface area (Å²) in [7, 11) is 0. The van der Waals surface area contributed by atoms with E-state index in [-0.39, 0.29) is 0 Å². The van der Waals surface area contributed by atoms with Gasteiger partial charge in [-0.15, -0.1) is 0 Å². The van der Waals surface area contributed by atoms with Gasteiger partial charge in [0.05, 0.1) is 0 Å². The number of hydrogen-bond donors (Lipinski definition) is 0. The third-order valence-electron chi connectivity index (χ3n) is 8.96. The average molecular weight is 531 g/mol. The first-order chi connectivity index (χ1) is 20.8. The van der Waals surface area contributed by atoms with Crippen LogP contribution in [0.4, 0.5) is 0 Å². The Morgan fingerprint density at radius 3 is 0.905 bits per heavy atom. The Morgan fingerprint density at radius 2 is 0.524 bits per heavy atom. The van der Waals surface area contributed by atoms with Crippen molar-refractivity contribution in [1.82, 2.24) is 0 Å². The SMILES string of the molecule is c1ccc2cc3c(cc2c1)c(-c1ccc(-c2cc4ccccc4c4cc5ccccc5cc24)cc1)cc1ccccc13. The van der Waals surface area contributed by atoms with Crippen LogP contribution in [0.25, 0.3) is 86.9 Å². The molecule has 0 aliphatic rings. The molecule has 194 valence electrons. The molecule has 0 bridgehead atoms. The molecule has 0 N–H and O–H groups in total. The van der Waals surface area contributed by atoms with Crippen LogP contribution < -0.4 is 0 Å². The van der Waals surface area contributed by atoms with Gasteiger partial charge >= 0.3 is 0 Å². The van der Waals surface area contributed by atoms with E-state index in [1.165, 1.54) is 86.9 Å². The first-order valence-corrected chi connectivity index (χ1v) is 14.6. The second-order valence-electron chi connectivity index (χ2n) is 11.4. The molecule has 9 aromatic rings. The molecule has 0 radical (unpaired) electrons. The van der Waals surface area contributed by atoms with E-state index in [9.17, 15) is 0 Å². The Balaban J connectivity index is 1.27. The summed E-state index contributed by atoms with van der Waals surface area (Å²) in [6.45, 7) is 0. The number of benzene rings is 9. The van der Waals surface area contributed by atoms with Crippen molar-refractivity contribution in [3.63, 3.8) is 0 Å². The maximum absolute atomic E-state index is 2.36. The third kappa shape index (κ3) is 3.56. The van der Waals surface area contributed by atoms with Gasteiger partial charge in [0.1, 0.15) is 0 Å². The molecule has 0 saturated heterocycles.